The molecule has 0 radical (unpaired) electrons. The zero-order valence-corrected chi connectivity index (χ0v) is 18.7. The molecule has 0 aliphatic heterocycles. The first-order valence-electron chi connectivity index (χ1n) is 10.9. The van der Waals surface area contributed by atoms with Gasteiger partial charge in [0.05, 0.1) is 12.1 Å². The largest absolute Gasteiger partial charge is 0.416 e. The lowest BCUT2D eigenvalue weighted by Gasteiger charge is -2.24. The zero-order chi connectivity index (χ0) is 24.8. The van der Waals surface area contributed by atoms with E-state index in [1.807, 2.05) is 41.0 Å². The number of hydrogen-bond acceptors (Lipinski definition) is 1. The molecule has 1 aromatic heterocycles. The first kappa shape index (κ1) is 24.1. The van der Waals surface area contributed by atoms with Crippen LogP contribution in [0.1, 0.15) is 22.4 Å². The molecule has 0 saturated heterocycles. The summed E-state index contributed by atoms with van der Waals surface area (Å²) in [7, 11) is 0. The van der Waals surface area contributed by atoms with E-state index in [1.165, 1.54) is 24.3 Å². The van der Waals surface area contributed by atoms with E-state index in [-0.39, 0.29) is 19.6 Å². The first-order valence-corrected chi connectivity index (χ1v) is 10.9. The summed E-state index contributed by atoms with van der Waals surface area (Å²) in [6, 6.07) is 23.4. The Hall–Kier alpha value is -4.07. The van der Waals surface area contributed by atoms with Gasteiger partial charge in [0.1, 0.15) is 5.82 Å². The lowest BCUT2D eigenvalue weighted by Crippen LogP contribution is -2.34. The van der Waals surface area contributed by atoms with Crippen LogP contribution in [-0.4, -0.2) is 15.5 Å². The Labute approximate surface area is 200 Å². The highest BCUT2D eigenvalue weighted by atomic mass is 19.4. The number of halogens is 4. The van der Waals surface area contributed by atoms with E-state index in [9.17, 15) is 22.4 Å². The summed E-state index contributed by atoms with van der Waals surface area (Å²) in [6.07, 6.45) is -2.65. The summed E-state index contributed by atoms with van der Waals surface area (Å²) >= 11 is 0. The molecule has 0 bridgehead atoms. The molecule has 35 heavy (non-hydrogen) atoms. The van der Waals surface area contributed by atoms with E-state index >= 15 is 0 Å². The van der Waals surface area contributed by atoms with E-state index in [0.29, 0.717) is 11.3 Å². The Balaban J connectivity index is 1.56. The van der Waals surface area contributed by atoms with Gasteiger partial charge in [0.15, 0.2) is 0 Å². The molecule has 180 valence electrons. The van der Waals surface area contributed by atoms with Gasteiger partial charge in [-0.1, -0.05) is 48.5 Å². The first-order chi connectivity index (χ1) is 16.8. The van der Waals surface area contributed by atoms with Gasteiger partial charge in [-0.15, -0.1) is 0 Å². The second-order valence-electron chi connectivity index (χ2n) is 8.11. The predicted octanol–water partition coefficient (Wildman–Crippen LogP) is 6.93. The van der Waals surface area contributed by atoms with E-state index in [4.69, 9.17) is 0 Å². The van der Waals surface area contributed by atoms with E-state index in [2.05, 4.69) is 5.32 Å². The molecular formula is C27H23F4N3O. The third kappa shape index (κ3) is 6.50. The van der Waals surface area contributed by atoms with E-state index in [1.54, 1.807) is 29.3 Å². The second-order valence-corrected chi connectivity index (χ2v) is 8.11. The SMILES string of the molecule is O=C(Nc1cccc(F)c1)N(Cc1ccccc1)Cc1cccn1Cc1cccc(C(F)(F)F)c1. The van der Waals surface area contributed by atoms with Crippen LogP contribution in [0.25, 0.3) is 0 Å². The van der Waals surface area contributed by atoms with Gasteiger partial charge >= 0.3 is 12.2 Å². The maximum atomic E-state index is 13.6. The van der Waals surface area contributed by atoms with Gasteiger partial charge in [0.25, 0.3) is 0 Å². The summed E-state index contributed by atoms with van der Waals surface area (Å²) in [4.78, 5) is 14.7. The molecule has 8 heteroatoms. The molecule has 0 fully saturated rings. The van der Waals surface area contributed by atoms with Crippen LogP contribution in [0.5, 0.6) is 0 Å². The van der Waals surface area contributed by atoms with Crippen LogP contribution in [0.15, 0.2) is 97.2 Å². The normalized spacial score (nSPS) is 11.3. The molecule has 1 N–H and O–H groups in total. The Bertz CT molecular complexity index is 1280. The predicted molar refractivity (Wildman–Crippen MR) is 126 cm³/mol. The van der Waals surface area contributed by atoms with Gasteiger partial charge in [0, 0.05) is 30.7 Å². The minimum absolute atomic E-state index is 0.196. The molecule has 0 atom stereocenters. The number of urea groups is 1. The van der Waals surface area contributed by atoms with Gasteiger partial charge in [-0.2, -0.15) is 13.2 Å². The number of carbonyl (C=O) groups is 1. The number of amides is 2. The number of rotatable bonds is 7. The second kappa shape index (κ2) is 10.5. The van der Waals surface area contributed by atoms with Crippen molar-refractivity contribution in [2.24, 2.45) is 0 Å². The minimum atomic E-state index is -4.42. The number of hydrogen-bond donors (Lipinski definition) is 1. The Morgan fingerprint density at radius 1 is 0.829 bits per heavy atom. The fourth-order valence-electron chi connectivity index (χ4n) is 3.76. The number of aromatic nitrogens is 1. The number of benzene rings is 3. The van der Waals surface area contributed by atoms with Gasteiger partial charge in [-0.3, -0.25) is 0 Å². The fraction of sp³-hybridized carbons (Fsp3) is 0.148. The van der Waals surface area contributed by atoms with Crippen LogP contribution in [0.3, 0.4) is 0 Å². The van der Waals surface area contributed by atoms with Crippen molar-refractivity contribution in [3.63, 3.8) is 0 Å². The highest BCUT2D eigenvalue weighted by Crippen LogP contribution is 2.29. The van der Waals surface area contributed by atoms with Crippen molar-refractivity contribution in [2.75, 3.05) is 5.32 Å². The molecule has 0 spiro atoms. The molecule has 0 unspecified atom stereocenters. The maximum absolute atomic E-state index is 13.6. The number of anilines is 1. The fourth-order valence-corrected chi connectivity index (χ4v) is 3.76. The quantitative estimate of drug-likeness (QED) is 0.286. The molecule has 4 nitrogen and oxygen atoms in total. The monoisotopic (exact) mass is 481 g/mol. The maximum Gasteiger partial charge on any atom is 0.416 e. The summed E-state index contributed by atoms with van der Waals surface area (Å²) in [6.45, 7) is 0.704. The molecule has 1 heterocycles. The number of nitrogens with one attached hydrogen (secondary N) is 1. The number of nitrogens with zero attached hydrogens (tertiary/aromatic N) is 2. The smallest absolute Gasteiger partial charge is 0.345 e. The van der Waals surface area contributed by atoms with Crippen LogP contribution >= 0.6 is 0 Å². The van der Waals surface area contributed by atoms with Crippen LogP contribution < -0.4 is 5.32 Å². The molecule has 4 rings (SSSR count). The lowest BCUT2D eigenvalue weighted by atomic mass is 10.1. The molecule has 0 aliphatic carbocycles. The van der Waals surface area contributed by atoms with Crippen LogP contribution in [0, 0.1) is 5.82 Å². The van der Waals surface area contributed by atoms with Crippen molar-refractivity contribution in [1.29, 1.82) is 0 Å². The van der Waals surface area contributed by atoms with Crippen LogP contribution in [0.2, 0.25) is 0 Å². The average Bonchev–Trinajstić information content (AvgIpc) is 3.25. The molecule has 3 aromatic carbocycles. The third-order valence-corrected chi connectivity index (χ3v) is 5.46. The van der Waals surface area contributed by atoms with Crippen molar-refractivity contribution >= 4 is 11.7 Å². The van der Waals surface area contributed by atoms with Crippen molar-refractivity contribution in [2.45, 2.75) is 25.8 Å². The van der Waals surface area contributed by atoms with Crippen molar-refractivity contribution in [1.82, 2.24) is 9.47 Å². The van der Waals surface area contributed by atoms with Crippen molar-refractivity contribution in [3.8, 4) is 0 Å². The van der Waals surface area contributed by atoms with Gasteiger partial charge in [0.2, 0.25) is 0 Å². The summed E-state index contributed by atoms with van der Waals surface area (Å²) < 4.78 is 54.8. The Kier molecular flexibility index (Phi) is 7.19. The highest BCUT2D eigenvalue weighted by Gasteiger charge is 2.30. The van der Waals surface area contributed by atoms with Crippen molar-refractivity contribution < 1.29 is 22.4 Å². The van der Waals surface area contributed by atoms with Gasteiger partial charge in [-0.25, -0.2) is 9.18 Å². The van der Waals surface area contributed by atoms with Gasteiger partial charge in [-0.05, 0) is 53.6 Å². The summed E-state index contributed by atoms with van der Waals surface area (Å²) in [5.74, 6) is -0.465. The third-order valence-electron chi connectivity index (χ3n) is 5.46. The number of alkyl halides is 3. The summed E-state index contributed by atoms with van der Waals surface area (Å²) in [5, 5.41) is 2.72. The van der Waals surface area contributed by atoms with Crippen molar-refractivity contribution in [3.05, 3.63) is 125 Å². The molecule has 2 amide bonds. The van der Waals surface area contributed by atoms with Crippen LogP contribution in [0.4, 0.5) is 28.0 Å². The Morgan fingerprint density at radius 2 is 1.57 bits per heavy atom. The number of carbonyl (C=O) groups excluding carboxylic acids is 1. The highest BCUT2D eigenvalue weighted by molar-refractivity contribution is 5.89. The minimum Gasteiger partial charge on any atom is -0.345 e. The molecule has 0 aliphatic rings. The lowest BCUT2D eigenvalue weighted by molar-refractivity contribution is -0.137. The molecular weight excluding hydrogens is 458 g/mol. The standard InChI is InChI=1S/C27H23F4N3O/c28-23-11-5-12-24(16-23)32-26(35)34(17-20-7-2-1-3-8-20)19-25-13-6-14-33(25)18-21-9-4-10-22(15-21)27(29,30)31/h1-16H,17-19H2,(H,32,35). The topological polar surface area (TPSA) is 37.3 Å². The zero-order valence-electron chi connectivity index (χ0n) is 18.7. The molecule has 4 aromatic rings. The Morgan fingerprint density at radius 3 is 2.31 bits per heavy atom. The molecule has 0 saturated carbocycles. The average molecular weight is 481 g/mol. The summed E-state index contributed by atoms with van der Waals surface area (Å²) in [5.41, 5.74) is 1.76. The van der Waals surface area contributed by atoms with Crippen LogP contribution in [-0.2, 0) is 25.8 Å². The van der Waals surface area contributed by atoms with Gasteiger partial charge < -0.3 is 14.8 Å². The van der Waals surface area contributed by atoms with E-state index < -0.39 is 23.6 Å². The van der Waals surface area contributed by atoms with E-state index in [0.717, 1.165) is 23.4 Å².